The van der Waals surface area contributed by atoms with E-state index in [-0.39, 0.29) is 11.7 Å². The molecule has 1 saturated carbocycles. The summed E-state index contributed by atoms with van der Waals surface area (Å²) in [7, 11) is 0. The van der Waals surface area contributed by atoms with E-state index in [1.165, 1.54) is 0 Å². The van der Waals surface area contributed by atoms with Crippen LogP contribution in [0.2, 0.25) is 0 Å². The highest BCUT2D eigenvalue weighted by molar-refractivity contribution is 5.84. The Morgan fingerprint density at radius 3 is 2.80 bits per heavy atom. The van der Waals surface area contributed by atoms with Gasteiger partial charge in [-0.3, -0.25) is 4.79 Å². The van der Waals surface area contributed by atoms with Crippen LogP contribution in [0, 0.1) is 11.8 Å². The van der Waals surface area contributed by atoms with Gasteiger partial charge < -0.3 is 5.11 Å². The Labute approximate surface area is 121 Å². The summed E-state index contributed by atoms with van der Waals surface area (Å²) in [4.78, 5) is 12.0. The number of unbranched alkanes of at least 4 members (excludes halogenated alkanes) is 1. The van der Waals surface area contributed by atoms with Crippen LogP contribution in [-0.2, 0) is 4.79 Å². The minimum atomic E-state index is -0.646. The quantitative estimate of drug-likeness (QED) is 0.854. The summed E-state index contributed by atoms with van der Waals surface area (Å²) < 4.78 is 0. The summed E-state index contributed by atoms with van der Waals surface area (Å²) in [5.74, 6) is 0.399. The molecule has 108 valence electrons. The minimum Gasteiger partial charge on any atom is -0.388 e. The number of rotatable bonds is 6. The SMILES string of the molecule is CCCCC1CCC(=O)C1C(O)/C=C/c1ccccc1. The zero-order chi connectivity index (χ0) is 14.4. The number of carbonyl (C=O) groups excluding carboxylic acids is 1. The smallest absolute Gasteiger partial charge is 0.139 e. The molecule has 0 radical (unpaired) electrons. The molecule has 0 aliphatic heterocycles. The first-order valence-corrected chi connectivity index (χ1v) is 7.66. The van der Waals surface area contributed by atoms with Crippen LogP contribution in [-0.4, -0.2) is 17.0 Å². The van der Waals surface area contributed by atoms with Crippen LogP contribution in [0.4, 0.5) is 0 Å². The van der Waals surface area contributed by atoms with Crippen molar-refractivity contribution in [3.05, 3.63) is 42.0 Å². The predicted molar refractivity (Wildman–Crippen MR) is 82.2 cm³/mol. The van der Waals surface area contributed by atoms with Crippen LogP contribution >= 0.6 is 0 Å². The predicted octanol–water partition coefficient (Wildman–Crippen LogP) is 3.85. The van der Waals surface area contributed by atoms with Gasteiger partial charge >= 0.3 is 0 Å². The second-order valence-corrected chi connectivity index (χ2v) is 5.69. The van der Waals surface area contributed by atoms with Crippen LogP contribution in [0.1, 0.15) is 44.6 Å². The second kappa shape index (κ2) is 7.39. The molecular weight excluding hydrogens is 248 g/mol. The molecule has 1 aliphatic rings. The maximum absolute atomic E-state index is 12.0. The Bertz CT molecular complexity index is 450. The Morgan fingerprint density at radius 1 is 1.35 bits per heavy atom. The van der Waals surface area contributed by atoms with Crippen molar-refractivity contribution >= 4 is 11.9 Å². The molecule has 20 heavy (non-hydrogen) atoms. The Hall–Kier alpha value is -1.41. The first-order valence-electron chi connectivity index (χ1n) is 7.66. The van der Waals surface area contributed by atoms with E-state index in [0.29, 0.717) is 12.3 Å². The summed E-state index contributed by atoms with van der Waals surface area (Å²) in [6.07, 6.45) is 7.97. The lowest BCUT2D eigenvalue weighted by Crippen LogP contribution is -2.27. The molecule has 3 atom stereocenters. The maximum Gasteiger partial charge on any atom is 0.139 e. The van der Waals surface area contributed by atoms with Crippen LogP contribution in [0.25, 0.3) is 6.08 Å². The highest BCUT2D eigenvalue weighted by Gasteiger charge is 2.37. The van der Waals surface area contributed by atoms with E-state index in [4.69, 9.17) is 0 Å². The lowest BCUT2D eigenvalue weighted by atomic mass is 9.86. The normalized spacial score (nSPS) is 24.4. The maximum atomic E-state index is 12.0. The van der Waals surface area contributed by atoms with Crippen molar-refractivity contribution in [3.63, 3.8) is 0 Å². The molecule has 0 spiro atoms. The molecule has 2 heteroatoms. The lowest BCUT2D eigenvalue weighted by molar-refractivity contribution is -0.123. The number of aliphatic hydroxyl groups is 1. The molecule has 2 nitrogen and oxygen atoms in total. The summed E-state index contributed by atoms with van der Waals surface area (Å²) >= 11 is 0. The van der Waals surface area contributed by atoms with Crippen molar-refractivity contribution in [1.82, 2.24) is 0 Å². The first-order chi connectivity index (χ1) is 9.72. The molecule has 1 N–H and O–H groups in total. The van der Waals surface area contributed by atoms with Gasteiger partial charge in [0.25, 0.3) is 0 Å². The van der Waals surface area contributed by atoms with Crippen molar-refractivity contribution in [2.75, 3.05) is 0 Å². The molecule has 0 saturated heterocycles. The fourth-order valence-corrected chi connectivity index (χ4v) is 3.09. The highest BCUT2D eigenvalue weighted by atomic mass is 16.3. The fourth-order valence-electron chi connectivity index (χ4n) is 3.09. The van der Waals surface area contributed by atoms with E-state index in [1.54, 1.807) is 6.08 Å². The van der Waals surface area contributed by atoms with Gasteiger partial charge in [-0.1, -0.05) is 62.2 Å². The zero-order valence-electron chi connectivity index (χ0n) is 12.2. The number of aliphatic hydroxyl groups excluding tert-OH is 1. The fraction of sp³-hybridized carbons (Fsp3) is 0.500. The summed E-state index contributed by atoms with van der Waals surface area (Å²) in [5.41, 5.74) is 1.06. The van der Waals surface area contributed by atoms with Crippen molar-refractivity contribution in [1.29, 1.82) is 0 Å². The lowest BCUT2D eigenvalue weighted by Gasteiger charge is -2.21. The third-order valence-electron chi connectivity index (χ3n) is 4.22. The first kappa shape index (κ1) is 15.0. The third kappa shape index (κ3) is 3.80. The molecule has 0 amide bonds. The monoisotopic (exact) mass is 272 g/mol. The Balaban J connectivity index is 2.00. The molecule has 3 unspecified atom stereocenters. The van der Waals surface area contributed by atoms with E-state index in [0.717, 1.165) is 31.2 Å². The summed E-state index contributed by atoms with van der Waals surface area (Å²) in [6.45, 7) is 2.16. The molecule has 1 aromatic rings. The average Bonchev–Trinajstić information content (AvgIpc) is 2.84. The number of Topliss-reactive ketones (excluding diaryl/α,β-unsaturated/α-hetero) is 1. The summed E-state index contributed by atoms with van der Waals surface area (Å²) in [6, 6.07) is 9.89. The van der Waals surface area contributed by atoms with Crippen LogP contribution < -0.4 is 0 Å². The Kier molecular flexibility index (Phi) is 5.54. The average molecular weight is 272 g/mol. The largest absolute Gasteiger partial charge is 0.388 e. The number of ketones is 1. The number of hydrogen-bond acceptors (Lipinski definition) is 2. The number of benzene rings is 1. The van der Waals surface area contributed by atoms with Crippen molar-refractivity contribution in [2.45, 2.75) is 45.1 Å². The topological polar surface area (TPSA) is 37.3 Å². The minimum absolute atomic E-state index is 0.193. The molecule has 0 bridgehead atoms. The number of carbonyl (C=O) groups is 1. The van der Waals surface area contributed by atoms with E-state index in [9.17, 15) is 9.90 Å². The van der Waals surface area contributed by atoms with Gasteiger partial charge in [-0.15, -0.1) is 0 Å². The van der Waals surface area contributed by atoms with E-state index < -0.39 is 6.10 Å². The van der Waals surface area contributed by atoms with E-state index >= 15 is 0 Å². The van der Waals surface area contributed by atoms with E-state index in [2.05, 4.69) is 6.92 Å². The molecule has 1 aliphatic carbocycles. The van der Waals surface area contributed by atoms with Gasteiger partial charge in [0.2, 0.25) is 0 Å². The van der Waals surface area contributed by atoms with Gasteiger partial charge in [0.15, 0.2) is 0 Å². The molecule has 0 heterocycles. The molecular formula is C18H24O2. The van der Waals surface area contributed by atoms with E-state index in [1.807, 2.05) is 36.4 Å². The molecule has 1 fully saturated rings. The third-order valence-corrected chi connectivity index (χ3v) is 4.22. The molecule has 1 aromatic carbocycles. The number of hydrogen-bond donors (Lipinski definition) is 1. The van der Waals surface area contributed by atoms with Gasteiger partial charge in [-0.25, -0.2) is 0 Å². The Morgan fingerprint density at radius 2 is 2.10 bits per heavy atom. The molecule has 0 aromatic heterocycles. The van der Waals surface area contributed by atoms with Crippen molar-refractivity contribution in [2.24, 2.45) is 11.8 Å². The van der Waals surface area contributed by atoms with Gasteiger partial charge in [-0.2, -0.15) is 0 Å². The van der Waals surface area contributed by atoms with Crippen LogP contribution in [0.3, 0.4) is 0 Å². The van der Waals surface area contributed by atoms with Gasteiger partial charge in [0.1, 0.15) is 5.78 Å². The van der Waals surface area contributed by atoms with Crippen LogP contribution in [0.15, 0.2) is 36.4 Å². The zero-order valence-corrected chi connectivity index (χ0v) is 12.2. The van der Waals surface area contributed by atoms with Gasteiger partial charge in [0.05, 0.1) is 12.0 Å². The molecule has 2 rings (SSSR count). The standard InChI is InChI=1S/C18H24O2/c1-2-3-9-15-11-13-17(20)18(15)16(19)12-10-14-7-5-4-6-8-14/h4-8,10,12,15-16,18-19H,2-3,9,11,13H2,1H3/b12-10+. The van der Waals surface area contributed by atoms with Gasteiger partial charge in [-0.05, 0) is 24.3 Å². The van der Waals surface area contributed by atoms with Crippen molar-refractivity contribution in [3.8, 4) is 0 Å². The van der Waals surface area contributed by atoms with Crippen molar-refractivity contribution < 1.29 is 9.90 Å². The van der Waals surface area contributed by atoms with Crippen LogP contribution in [0.5, 0.6) is 0 Å². The second-order valence-electron chi connectivity index (χ2n) is 5.69. The van der Waals surface area contributed by atoms with Gasteiger partial charge in [0, 0.05) is 6.42 Å². The summed E-state index contributed by atoms with van der Waals surface area (Å²) in [5, 5.41) is 10.3. The highest BCUT2D eigenvalue weighted by Crippen LogP contribution is 2.35.